The average molecular weight is 210 g/mol. The van der Waals surface area contributed by atoms with E-state index in [0.29, 0.717) is 5.41 Å². The van der Waals surface area contributed by atoms with Gasteiger partial charge in [-0.3, -0.25) is 0 Å². The van der Waals surface area contributed by atoms with Crippen LogP contribution < -0.4 is 0 Å². The molecule has 0 aromatic heterocycles. The zero-order valence-corrected chi connectivity index (χ0v) is 9.92. The van der Waals surface area contributed by atoms with E-state index in [1.807, 2.05) is 0 Å². The summed E-state index contributed by atoms with van der Waals surface area (Å²) in [7, 11) is 0. The van der Waals surface area contributed by atoms with Gasteiger partial charge in [-0.1, -0.05) is 25.5 Å². The van der Waals surface area contributed by atoms with Crippen molar-refractivity contribution in [2.45, 2.75) is 52.2 Å². The summed E-state index contributed by atoms with van der Waals surface area (Å²) in [5.74, 6) is 0. The third-order valence-electron chi connectivity index (χ3n) is 3.46. The third kappa shape index (κ3) is 3.32. The number of allylic oxidation sites excluding steroid dienone is 2. The van der Waals surface area contributed by atoms with Crippen molar-refractivity contribution < 1.29 is 9.47 Å². The summed E-state index contributed by atoms with van der Waals surface area (Å²) < 4.78 is 10.9. The van der Waals surface area contributed by atoms with Crippen LogP contribution in [-0.2, 0) is 9.47 Å². The normalized spacial score (nSPS) is 26.7. The summed E-state index contributed by atoms with van der Waals surface area (Å²) in [5, 5.41) is 0. The summed E-state index contributed by atoms with van der Waals surface area (Å²) in [6.07, 6.45) is 8.51. The maximum atomic E-state index is 5.44. The molecule has 0 N–H and O–H groups in total. The van der Waals surface area contributed by atoms with Gasteiger partial charge in [-0.05, 0) is 31.1 Å². The molecule has 0 bridgehead atoms. The van der Waals surface area contributed by atoms with Crippen LogP contribution in [0.3, 0.4) is 0 Å². The van der Waals surface area contributed by atoms with Crippen LogP contribution in [0.25, 0.3) is 0 Å². The Balaban J connectivity index is 1.73. The standard InChI is InChI=1S/C13H22O2/c1-13(2)7-5-11(6-8-13)3-4-12-14-9-10-15-12/h5,12H,3-4,6-10H2,1-2H3. The molecular weight excluding hydrogens is 188 g/mol. The summed E-state index contributed by atoms with van der Waals surface area (Å²) >= 11 is 0. The third-order valence-corrected chi connectivity index (χ3v) is 3.46. The summed E-state index contributed by atoms with van der Waals surface area (Å²) in [4.78, 5) is 0. The molecule has 0 saturated carbocycles. The van der Waals surface area contributed by atoms with Crippen LogP contribution >= 0.6 is 0 Å². The van der Waals surface area contributed by atoms with Gasteiger partial charge >= 0.3 is 0 Å². The van der Waals surface area contributed by atoms with E-state index >= 15 is 0 Å². The van der Waals surface area contributed by atoms with Crippen LogP contribution in [0.1, 0.15) is 46.0 Å². The minimum absolute atomic E-state index is 0.0702. The van der Waals surface area contributed by atoms with Crippen molar-refractivity contribution in [2.24, 2.45) is 5.41 Å². The topological polar surface area (TPSA) is 18.5 Å². The van der Waals surface area contributed by atoms with Crippen LogP contribution in [0.15, 0.2) is 11.6 Å². The molecule has 1 aliphatic heterocycles. The Morgan fingerprint density at radius 2 is 2.07 bits per heavy atom. The zero-order chi connectivity index (χ0) is 10.7. The fourth-order valence-corrected chi connectivity index (χ4v) is 2.23. The van der Waals surface area contributed by atoms with Gasteiger partial charge in [-0.2, -0.15) is 0 Å². The minimum Gasteiger partial charge on any atom is -0.350 e. The second-order valence-corrected chi connectivity index (χ2v) is 5.44. The Bertz CT molecular complexity index is 237. The van der Waals surface area contributed by atoms with E-state index in [2.05, 4.69) is 19.9 Å². The maximum Gasteiger partial charge on any atom is 0.158 e. The Morgan fingerprint density at radius 1 is 1.33 bits per heavy atom. The lowest BCUT2D eigenvalue weighted by Crippen LogP contribution is -2.15. The van der Waals surface area contributed by atoms with E-state index < -0.39 is 0 Å². The highest BCUT2D eigenvalue weighted by atomic mass is 16.7. The Kier molecular flexibility index (Phi) is 3.47. The highest BCUT2D eigenvalue weighted by Crippen LogP contribution is 2.35. The fraction of sp³-hybridized carbons (Fsp3) is 0.846. The smallest absolute Gasteiger partial charge is 0.158 e. The molecule has 0 spiro atoms. The predicted molar refractivity (Wildman–Crippen MR) is 60.6 cm³/mol. The monoisotopic (exact) mass is 210 g/mol. The van der Waals surface area contributed by atoms with Gasteiger partial charge in [-0.15, -0.1) is 0 Å². The maximum absolute atomic E-state index is 5.44. The molecule has 15 heavy (non-hydrogen) atoms. The first-order valence-corrected chi connectivity index (χ1v) is 6.07. The lowest BCUT2D eigenvalue weighted by Gasteiger charge is -2.28. The van der Waals surface area contributed by atoms with Gasteiger partial charge in [-0.25, -0.2) is 0 Å². The van der Waals surface area contributed by atoms with Gasteiger partial charge in [0, 0.05) is 6.42 Å². The molecule has 1 saturated heterocycles. The first-order valence-electron chi connectivity index (χ1n) is 6.07. The Labute approximate surface area is 92.6 Å². The molecule has 0 atom stereocenters. The first kappa shape index (κ1) is 11.2. The van der Waals surface area contributed by atoms with Crippen molar-refractivity contribution in [1.82, 2.24) is 0 Å². The van der Waals surface area contributed by atoms with Gasteiger partial charge in [0.2, 0.25) is 0 Å². The molecule has 0 unspecified atom stereocenters. The van der Waals surface area contributed by atoms with Gasteiger partial charge in [0.25, 0.3) is 0 Å². The zero-order valence-electron chi connectivity index (χ0n) is 9.92. The van der Waals surface area contributed by atoms with Gasteiger partial charge in [0.15, 0.2) is 6.29 Å². The number of ether oxygens (including phenoxy) is 2. The lowest BCUT2D eigenvalue weighted by atomic mass is 9.77. The highest BCUT2D eigenvalue weighted by molar-refractivity contribution is 5.08. The molecule has 0 aromatic rings. The van der Waals surface area contributed by atoms with Crippen molar-refractivity contribution in [1.29, 1.82) is 0 Å². The SMILES string of the molecule is CC1(C)CC=C(CCC2OCCO2)CC1. The van der Waals surface area contributed by atoms with Gasteiger partial charge in [0.05, 0.1) is 13.2 Å². The molecule has 0 aromatic carbocycles. The van der Waals surface area contributed by atoms with Crippen LogP contribution in [0.4, 0.5) is 0 Å². The average Bonchev–Trinajstić information content (AvgIpc) is 2.69. The molecule has 2 heteroatoms. The summed E-state index contributed by atoms with van der Waals surface area (Å²) in [6.45, 7) is 6.25. The van der Waals surface area contributed by atoms with Crippen LogP contribution in [-0.4, -0.2) is 19.5 Å². The largest absolute Gasteiger partial charge is 0.350 e. The van der Waals surface area contributed by atoms with E-state index in [1.54, 1.807) is 5.57 Å². The quantitative estimate of drug-likeness (QED) is 0.666. The predicted octanol–water partition coefficient (Wildman–Crippen LogP) is 3.28. The first-order chi connectivity index (χ1) is 7.16. The lowest BCUT2D eigenvalue weighted by molar-refractivity contribution is -0.0463. The van der Waals surface area contributed by atoms with Gasteiger partial charge in [0.1, 0.15) is 0 Å². The van der Waals surface area contributed by atoms with Crippen molar-refractivity contribution in [3.8, 4) is 0 Å². The number of rotatable bonds is 3. The minimum atomic E-state index is 0.0702. The van der Waals surface area contributed by atoms with E-state index in [0.717, 1.165) is 26.1 Å². The molecule has 1 heterocycles. The van der Waals surface area contributed by atoms with E-state index in [9.17, 15) is 0 Å². The van der Waals surface area contributed by atoms with Crippen LogP contribution in [0.5, 0.6) is 0 Å². The van der Waals surface area contributed by atoms with Crippen LogP contribution in [0, 0.1) is 5.41 Å². The van der Waals surface area contributed by atoms with Crippen molar-refractivity contribution in [3.05, 3.63) is 11.6 Å². The molecular formula is C13H22O2. The molecule has 2 rings (SSSR count). The molecule has 1 aliphatic carbocycles. The van der Waals surface area contributed by atoms with Gasteiger partial charge < -0.3 is 9.47 Å². The molecule has 2 aliphatic rings. The second-order valence-electron chi connectivity index (χ2n) is 5.44. The molecule has 2 nitrogen and oxygen atoms in total. The Hall–Kier alpha value is -0.340. The number of hydrogen-bond donors (Lipinski definition) is 0. The van der Waals surface area contributed by atoms with E-state index in [1.165, 1.54) is 19.3 Å². The number of hydrogen-bond acceptors (Lipinski definition) is 2. The fourth-order valence-electron chi connectivity index (χ4n) is 2.23. The summed E-state index contributed by atoms with van der Waals surface area (Å²) in [6, 6.07) is 0. The van der Waals surface area contributed by atoms with Crippen LogP contribution in [0.2, 0.25) is 0 Å². The highest BCUT2D eigenvalue weighted by Gasteiger charge is 2.22. The van der Waals surface area contributed by atoms with Crippen molar-refractivity contribution >= 4 is 0 Å². The molecule has 0 radical (unpaired) electrons. The molecule has 86 valence electrons. The van der Waals surface area contributed by atoms with Crippen molar-refractivity contribution in [3.63, 3.8) is 0 Å². The second kappa shape index (κ2) is 4.67. The molecule has 1 fully saturated rings. The van der Waals surface area contributed by atoms with E-state index in [-0.39, 0.29) is 6.29 Å². The summed E-state index contributed by atoms with van der Waals surface area (Å²) in [5.41, 5.74) is 2.12. The van der Waals surface area contributed by atoms with Crippen molar-refractivity contribution in [2.75, 3.05) is 13.2 Å². The molecule has 0 amide bonds. The van der Waals surface area contributed by atoms with E-state index in [4.69, 9.17) is 9.47 Å². The Morgan fingerprint density at radius 3 is 2.67 bits per heavy atom.